The Bertz CT molecular complexity index is 987. The Balaban J connectivity index is 1.73. The van der Waals surface area contributed by atoms with Crippen molar-refractivity contribution in [3.05, 3.63) is 94.0 Å². The first-order chi connectivity index (χ1) is 14.5. The van der Waals surface area contributed by atoms with Gasteiger partial charge in [0, 0.05) is 26.8 Å². The predicted octanol–water partition coefficient (Wildman–Crippen LogP) is 6.83. The van der Waals surface area contributed by atoms with E-state index in [1.165, 1.54) is 10.5 Å². The van der Waals surface area contributed by atoms with E-state index in [4.69, 9.17) is 16.3 Å². The summed E-state index contributed by atoms with van der Waals surface area (Å²) in [5.74, 6) is 1.44. The number of thioether (sulfide) groups is 1. The van der Waals surface area contributed by atoms with Crippen LogP contribution in [0.5, 0.6) is 5.75 Å². The van der Waals surface area contributed by atoms with E-state index >= 15 is 0 Å². The lowest BCUT2D eigenvalue weighted by Gasteiger charge is -2.16. The maximum absolute atomic E-state index is 12.8. The second kappa shape index (κ2) is 10.6. The van der Waals surface area contributed by atoms with Crippen LogP contribution in [0.2, 0.25) is 5.02 Å². The van der Waals surface area contributed by atoms with Crippen LogP contribution in [-0.4, -0.2) is 12.5 Å². The molecule has 0 radical (unpaired) electrons. The van der Waals surface area contributed by atoms with Gasteiger partial charge in [0.25, 0.3) is 5.91 Å². The quantitative estimate of drug-likeness (QED) is 0.391. The molecule has 0 saturated carbocycles. The van der Waals surface area contributed by atoms with E-state index in [0.29, 0.717) is 17.2 Å². The van der Waals surface area contributed by atoms with E-state index in [1.54, 1.807) is 11.8 Å². The highest BCUT2D eigenvalue weighted by Gasteiger charge is 2.14. The van der Waals surface area contributed by atoms with Gasteiger partial charge in [0.2, 0.25) is 0 Å². The fraction of sp³-hybridized carbons (Fsp3) is 0.240. The maximum Gasteiger partial charge on any atom is 0.251 e. The number of carbonyl (C=O) groups is 1. The lowest BCUT2D eigenvalue weighted by atomic mass is 10.1. The molecule has 3 rings (SSSR count). The summed E-state index contributed by atoms with van der Waals surface area (Å²) in [5.41, 5.74) is 3.88. The average molecular weight is 440 g/mol. The van der Waals surface area contributed by atoms with Crippen LogP contribution in [-0.2, 0) is 5.75 Å². The molecule has 1 N–H and O–H groups in total. The van der Waals surface area contributed by atoms with Gasteiger partial charge in [-0.15, -0.1) is 11.8 Å². The van der Waals surface area contributed by atoms with Crippen molar-refractivity contribution >= 4 is 29.3 Å². The van der Waals surface area contributed by atoms with Gasteiger partial charge >= 0.3 is 0 Å². The molecule has 0 spiro atoms. The van der Waals surface area contributed by atoms with Gasteiger partial charge in [-0.25, -0.2) is 0 Å². The van der Waals surface area contributed by atoms with E-state index in [-0.39, 0.29) is 11.9 Å². The molecule has 3 aromatic rings. The molecule has 5 heteroatoms. The summed E-state index contributed by atoms with van der Waals surface area (Å²) in [6.07, 6.45) is 0. The highest BCUT2D eigenvalue weighted by atomic mass is 35.5. The van der Waals surface area contributed by atoms with E-state index in [2.05, 4.69) is 36.5 Å². The van der Waals surface area contributed by atoms with Gasteiger partial charge in [0.1, 0.15) is 5.75 Å². The second-order valence-electron chi connectivity index (χ2n) is 7.10. The number of halogens is 1. The molecule has 1 unspecified atom stereocenters. The number of amides is 1. The SMILES string of the molecule is CCOc1ccc(C(=O)NC(C)c2ccc(Cl)cc2)cc1CSc1ccc(C)cc1. The van der Waals surface area contributed by atoms with Crippen LogP contribution < -0.4 is 10.1 Å². The molecular weight excluding hydrogens is 414 g/mol. The third kappa shape index (κ3) is 6.04. The molecule has 1 atom stereocenters. The van der Waals surface area contributed by atoms with E-state index in [0.717, 1.165) is 22.6 Å². The Morgan fingerprint density at radius 3 is 2.43 bits per heavy atom. The van der Waals surface area contributed by atoms with Crippen molar-refractivity contribution in [2.24, 2.45) is 0 Å². The average Bonchev–Trinajstić information content (AvgIpc) is 2.74. The largest absolute Gasteiger partial charge is 0.494 e. The van der Waals surface area contributed by atoms with Crippen LogP contribution in [0, 0.1) is 6.92 Å². The number of carbonyl (C=O) groups excluding carboxylic acids is 1. The van der Waals surface area contributed by atoms with Crippen molar-refractivity contribution in [2.75, 3.05) is 6.61 Å². The molecule has 0 fully saturated rings. The maximum atomic E-state index is 12.8. The van der Waals surface area contributed by atoms with Gasteiger partial charge in [0.15, 0.2) is 0 Å². The van der Waals surface area contributed by atoms with Gasteiger partial charge in [-0.2, -0.15) is 0 Å². The first-order valence-corrected chi connectivity index (χ1v) is 11.3. The minimum atomic E-state index is -0.119. The fourth-order valence-corrected chi connectivity index (χ4v) is 4.04. The van der Waals surface area contributed by atoms with Crippen LogP contribution in [0.4, 0.5) is 0 Å². The zero-order valence-electron chi connectivity index (χ0n) is 17.4. The molecule has 0 saturated heterocycles. The van der Waals surface area contributed by atoms with Crippen molar-refractivity contribution in [2.45, 2.75) is 37.5 Å². The Kier molecular flexibility index (Phi) is 7.83. The third-order valence-corrected chi connectivity index (χ3v) is 6.07. The van der Waals surface area contributed by atoms with Gasteiger partial charge in [-0.3, -0.25) is 4.79 Å². The van der Waals surface area contributed by atoms with E-state index < -0.39 is 0 Å². The highest BCUT2D eigenvalue weighted by Crippen LogP contribution is 2.29. The first kappa shape index (κ1) is 22.3. The topological polar surface area (TPSA) is 38.3 Å². The molecule has 0 aliphatic heterocycles. The zero-order valence-corrected chi connectivity index (χ0v) is 19.0. The summed E-state index contributed by atoms with van der Waals surface area (Å²) in [7, 11) is 0. The number of hydrogen-bond acceptors (Lipinski definition) is 3. The molecule has 0 heterocycles. The molecule has 0 aliphatic carbocycles. The zero-order chi connectivity index (χ0) is 21.5. The fourth-order valence-electron chi connectivity index (χ4n) is 3.04. The Hall–Kier alpha value is -2.43. The predicted molar refractivity (Wildman–Crippen MR) is 126 cm³/mol. The van der Waals surface area contributed by atoms with Crippen LogP contribution >= 0.6 is 23.4 Å². The smallest absolute Gasteiger partial charge is 0.251 e. The van der Waals surface area contributed by atoms with E-state index in [1.807, 2.05) is 56.3 Å². The van der Waals surface area contributed by atoms with Crippen LogP contribution in [0.3, 0.4) is 0 Å². The molecule has 0 aromatic heterocycles. The number of benzene rings is 3. The van der Waals surface area contributed by atoms with Crippen molar-refractivity contribution in [1.29, 1.82) is 0 Å². The number of ether oxygens (including phenoxy) is 1. The summed E-state index contributed by atoms with van der Waals surface area (Å²) in [6.45, 7) is 6.59. The summed E-state index contributed by atoms with van der Waals surface area (Å²) < 4.78 is 5.78. The van der Waals surface area contributed by atoms with Gasteiger partial charge in [-0.05, 0) is 68.8 Å². The normalized spacial score (nSPS) is 11.7. The van der Waals surface area contributed by atoms with Gasteiger partial charge in [0.05, 0.1) is 12.6 Å². The Morgan fingerprint density at radius 1 is 1.07 bits per heavy atom. The second-order valence-corrected chi connectivity index (χ2v) is 8.59. The minimum Gasteiger partial charge on any atom is -0.494 e. The van der Waals surface area contributed by atoms with Crippen molar-refractivity contribution in [1.82, 2.24) is 5.32 Å². The van der Waals surface area contributed by atoms with Gasteiger partial charge in [-0.1, -0.05) is 41.4 Å². The minimum absolute atomic E-state index is 0.109. The standard InChI is InChI=1S/C25H26ClNO2S/c1-4-29-24-14-9-20(15-21(24)16-30-23-12-5-17(2)6-13-23)25(28)27-18(3)19-7-10-22(26)11-8-19/h5-15,18H,4,16H2,1-3H3,(H,27,28). The number of aryl methyl sites for hydroxylation is 1. The monoisotopic (exact) mass is 439 g/mol. The van der Waals surface area contributed by atoms with Gasteiger partial charge < -0.3 is 10.1 Å². The van der Waals surface area contributed by atoms with Crippen molar-refractivity contribution < 1.29 is 9.53 Å². The molecular formula is C25H26ClNO2S. The van der Waals surface area contributed by atoms with Crippen LogP contribution in [0.15, 0.2) is 71.6 Å². The summed E-state index contributed by atoms with van der Waals surface area (Å²) in [5, 5.41) is 3.74. The molecule has 30 heavy (non-hydrogen) atoms. The molecule has 156 valence electrons. The number of nitrogens with one attached hydrogen (secondary N) is 1. The number of rotatable bonds is 8. The third-order valence-electron chi connectivity index (χ3n) is 4.76. The number of hydrogen-bond donors (Lipinski definition) is 1. The summed E-state index contributed by atoms with van der Waals surface area (Å²) >= 11 is 7.69. The Morgan fingerprint density at radius 2 is 1.77 bits per heavy atom. The van der Waals surface area contributed by atoms with E-state index in [9.17, 15) is 4.79 Å². The lowest BCUT2D eigenvalue weighted by molar-refractivity contribution is 0.0939. The van der Waals surface area contributed by atoms with Crippen LogP contribution in [0.25, 0.3) is 0 Å². The molecule has 3 nitrogen and oxygen atoms in total. The molecule has 0 bridgehead atoms. The van der Waals surface area contributed by atoms with Crippen molar-refractivity contribution in [3.63, 3.8) is 0 Å². The highest BCUT2D eigenvalue weighted by molar-refractivity contribution is 7.98. The molecule has 1 amide bonds. The lowest BCUT2D eigenvalue weighted by Crippen LogP contribution is -2.26. The molecule has 3 aromatic carbocycles. The summed E-state index contributed by atoms with van der Waals surface area (Å²) in [6, 6.07) is 21.5. The Labute approximate surface area is 187 Å². The first-order valence-electron chi connectivity index (χ1n) is 9.97. The summed E-state index contributed by atoms with van der Waals surface area (Å²) in [4.78, 5) is 14.0. The van der Waals surface area contributed by atoms with Crippen LogP contribution in [0.1, 0.15) is 46.9 Å². The molecule has 0 aliphatic rings. The van der Waals surface area contributed by atoms with Crippen molar-refractivity contribution in [3.8, 4) is 5.75 Å².